The van der Waals surface area contributed by atoms with Gasteiger partial charge in [0.25, 0.3) is 5.91 Å². The molecule has 5 heteroatoms. The Morgan fingerprint density at radius 1 is 1.26 bits per heavy atom. The fraction of sp³-hybridized carbons (Fsp3) is 0.278. The van der Waals surface area contributed by atoms with E-state index < -0.39 is 0 Å². The number of hydrogen-bond acceptors (Lipinski definition) is 2. The number of likely N-dealkylation sites (tertiary alicyclic amines) is 1. The molecule has 0 aliphatic carbocycles. The lowest BCUT2D eigenvalue weighted by atomic mass is 9.99. The fourth-order valence-electron chi connectivity index (χ4n) is 3.15. The highest BCUT2D eigenvalue weighted by molar-refractivity contribution is 6.34. The molecule has 1 saturated heterocycles. The van der Waals surface area contributed by atoms with Crippen LogP contribution in [0.15, 0.2) is 42.5 Å². The number of carbonyl (C=O) groups is 1. The molecule has 0 saturated carbocycles. The zero-order chi connectivity index (χ0) is 15.7. The van der Waals surface area contributed by atoms with Crippen LogP contribution in [-0.2, 0) is 0 Å². The lowest BCUT2D eigenvalue weighted by Crippen LogP contribution is -2.31. The number of carbonyl (C=O) groups excluding carboxylic acids is 1. The minimum Gasteiger partial charge on any atom is -0.399 e. The fourth-order valence-corrected chi connectivity index (χ4v) is 3.42. The lowest BCUT2D eigenvalue weighted by Gasteiger charge is -2.26. The molecule has 0 bridgehead atoms. The summed E-state index contributed by atoms with van der Waals surface area (Å²) in [5.41, 5.74) is 9.24. The first-order valence-electron chi connectivity index (χ1n) is 7.49. The van der Waals surface area contributed by atoms with Crippen LogP contribution in [0.2, 0.25) is 5.02 Å². The van der Waals surface area contributed by atoms with E-state index in [0.717, 1.165) is 19.4 Å². The number of benzene rings is 2. The van der Waals surface area contributed by atoms with E-state index in [4.69, 9.17) is 17.3 Å². The molecular formula is C18H20Cl2N2O. The van der Waals surface area contributed by atoms with E-state index in [9.17, 15) is 4.79 Å². The van der Waals surface area contributed by atoms with Gasteiger partial charge in [-0.15, -0.1) is 12.4 Å². The molecule has 2 N–H and O–H groups in total. The molecule has 122 valence electrons. The zero-order valence-corrected chi connectivity index (χ0v) is 14.5. The van der Waals surface area contributed by atoms with Gasteiger partial charge in [-0.1, -0.05) is 35.9 Å². The van der Waals surface area contributed by atoms with E-state index in [1.165, 1.54) is 11.1 Å². The molecule has 1 unspecified atom stereocenters. The predicted molar refractivity (Wildman–Crippen MR) is 97.3 cm³/mol. The Hall–Kier alpha value is -1.71. The standard InChI is InChI=1S/C18H19ClN2O.ClH/c1-12-5-2-3-6-14(12)17-7-4-10-21(17)18(22)15-9-8-13(20)11-16(15)19;/h2-3,5-6,8-9,11,17H,4,7,10,20H2,1H3;1H. The molecule has 1 heterocycles. The first-order valence-corrected chi connectivity index (χ1v) is 7.87. The van der Waals surface area contributed by atoms with Crippen molar-refractivity contribution in [3.8, 4) is 0 Å². The number of nitrogens with zero attached hydrogens (tertiary/aromatic N) is 1. The minimum absolute atomic E-state index is 0. The SMILES string of the molecule is Cc1ccccc1C1CCCN1C(=O)c1ccc(N)cc1Cl.Cl. The Morgan fingerprint density at radius 3 is 2.70 bits per heavy atom. The second kappa shape index (κ2) is 7.24. The van der Waals surface area contributed by atoms with Crippen LogP contribution in [0.3, 0.4) is 0 Å². The van der Waals surface area contributed by atoms with Crippen LogP contribution in [0.5, 0.6) is 0 Å². The Labute approximate surface area is 147 Å². The molecule has 2 aromatic carbocycles. The minimum atomic E-state index is -0.0178. The van der Waals surface area contributed by atoms with E-state index in [0.29, 0.717) is 16.3 Å². The van der Waals surface area contributed by atoms with Crippen molar-refractivity contribution in [3.63, 3.8) is 0 Å². The number of aryl methyl sites for hydroxylation is 1. The summed E-state index contributed by atoms with van der Waals surface area (Å²) < 4.78 is 0. The second-order valence-electron chi connectivity index (χ2n) is 5.75. The van der Waals surface area contributed by atoms with Crippen molar-refractivity contribution >= 4 is 35.6 Å². The van der Waals surface area contributed by atoms with Gasteiger partial charge in [0, 0.05) is 12.2 Å². The molecule has 1 amide bonds. The van der Waals surface area contributed by atoms with Gasteiger partial charge in [0.15, 0.2) is 0 Å². The third-order valence-corrected chi connectivity index (χ3v) is 4.60. The summed E-state index contributed by atoms with van der Waals surface area (Å²) in [5, 5.41) is 0.417. The predicted octanol–water partition coefficient (Wildman–Crippen LogP) is 4.63. The largest absolute Gasteiger partial charge is 0.399 e. The molecule has 0 aromatic heterocycles. The van der Waals surface area contributed by atoms with Gasteiger partial charge in [0.05, 0.1) is 16.6 Å². The molecule has 23 heavy (non-hydrogen) atoms. The molecule has 2 aromatic rings. The average molecular weight is 351 g/mol. The van der Waals surface area contributed by atoms with Crippen LogP contribution in [0.25, 0.3) is 0 Å². The monoisotopic (exact) mass is 350 g/mol. The van der Waals surface area contributed by atoms with E-state index in [-0.39, 0.29) is 24.4 Å². The van der Waals surface area contributed by atoms with Crippen molar-refractivity contribution in [2.24, 2.45) is 0 Å². The summed E-state index contributed by atoms with van der Waals surface area (Å²) in [4.78, 5) is 14.8. The molecule has 1 fully saturated rings. The first kappa shape index (κ1) is 17.6. The molecule has 1 atom stereocenters. The van der Waals surface area contributed by atoms with Gasteiger partial charge in [-0.25, -0.2) is 0 Å². The van der Waals surface area contributed by atoms with Gasteiger partial charge in [0.2, 0.25) is 0 Å². The summed E-state index contributed by atoms with van der Waals surface area (Å²) in [5.74, 6) is -0.0178. The number of rotatable bonds is 2. The maximum absolute atomic E-state index is 12.9. The third-order valence-electron chi connectivity index (χ3n) is 4.28. The number of anilines is 1. The van der Waals surface area contributed by atoms with Crippen molar-refractivity contribution < 1.29 is 4.79 Å². The molecule has 0 spiro atoms. The molecule has 0 radical (unpaired) electrons. The normalized spacial score (nSPS) is 17.0. The number of amides is 1. The van der Waals surface area contributed by atoms with Gasteiger partial charge in [-0.3, -0.25) is 4.79 Å². The van der Waals surface area contributed by atoms with Crippen molar-refractivity contribution in [3.05, 3.63) is 64.2 Å². The van der Waals surface area contributed by atoms with Crippen molar-refractivity contribution in [2.75, 3.05) is 12.3 Å². The number of nitrogens with two attached hydrogens (primary N) is 1. The Bertz CT molecular complexity index is 718. The van der Waals surface area contributed by atoms with E-state index in [2.05, 4.69) is 19.1 Å². The van der Waals surface area contributed by atoms with Crippen molar-refractivity contribution in [1.29, 1.82) is 0 Å². The maximum Gasteiger partial charge on any atom is 0.255 e. The van der Waals surface area contributed by atoms with Crippen molar-refractivity contribution in [2.45, 2.75) is 25.8 Å². The topological polar surface area (TPSA) is 46.3 Å². The number of hydrogen-bond donors (Lipinski definition) is 1. The Kier molecular flexibility index (Phi) is 5.55. The van der Waals surface area contributed by atoms with Gasteiger partial charge in [-0.05, 0) is 49.1 Å². The average Bonchev–Trinajstić information content (AvgIpc) is 2.96. The van der Waals surface area contributed by atoms with E-state index >= 15 is 0 Å². The first-order chi connectivity index (χ1) is 10.6. The van der Waals surface area contributed by atoms with Crippen LogP contribution in [0.1, 0.15) is 40.4 Å². The molecule has 3 nitrogen and oxygen atoms in total. The lowest BCUT2D eigenvalue weighted by molar-refractivity contribution is 0.0735. The summed E-state index contributed by atoms with van der Waals surface area (Å²) in [7, 11) is 0. The van der Waals surface area contributed by atoms with Crippen LogP contribution in [0, 0.1) is 6.92 Å². The Balaban J connectivity index is 0.00000192. The van der Waals surface area contributed by atoms with Crippen LogP contribution < -0.4 is 5.73 Å². The molecular weight excluding hydrogens is 331 g/mol. The maximum atomic E-state index is 12.9. The summed E-state index contributed by atoms with van der Waals surface area (Å²) in [6, 6.07) is 13.4. The van der Waals surface area contributed by atoms with Gasteiger partial charge in [-0.2, -0.15) is 0 Å². The van der Waals surface area contributed by atoms with Gasteiger partial charge in [0.1, 0.15) is 0 Å². The number of halogens is 2. The quantitative estimate of drug-likeness (QED) is 0.802. The smallest absolute Gasteiger partial charge is 0.255 e. The van der Waals surface area contributed by atoms with E-state index in [1.807, 2.05) is 17.0 Å². The Morgan fingerprint density at radius 2 is 2.00 bits per heavy atom. The highest BCUT2D eigenvalue weighted by atomic mass is 35.5. The second-order valence-corrected chi connectivity index (χ2v) is 6.16. The third kappa shape index (κ3) is 3.46. The molecule has 1 aliphatic rings. The van der Waals surface area contributed by atoms with Crippen LogP contribution >= 0.6 is 24.0 Å². The van der Waals surface area contributed by atoms with Crippen LogP contribution in [-0.4, -0.2) is 17.4 Å². The van der Waals surface area contributed by atoms with Crippen LogP contribution in [0.4, 0.5) is 5.69 Å². The van der Waals surface area contributed by atoms with Crippen molar-refractivity contribution in [1.82, 2.24) is 4.90 Å². The summed E-state index contributed by atoms with van der Waals surface area (Å²) in [6.07, 6.45) is 2.00. The molecule has 1 aliphatic heterocycles. The highest BCUT2D eigenvalue weighted by Crippen LogP contribution is 2.35. The van der Waals surface area contributed by atoms with Gasteiger partial charge < -0.3 is 10.6 Å². The highest BCUT2D eigenvalue weighted by Gasteiger charge is 2.32. The zero-order valence-electron chi connectivity index (χ0n) is 13.0. The number of nitrogen functional groups attached to an aromatic ring is 1. The summed E-state index contributed by atoms with van der Waals surface area (Å²) >= 11 is 6.20. The van der Waals surface area contributed by atoms with E-state index in [1.54, 1.807) is 18.2 Å². The molecule has 3 rings (SSSR count). The summed E-state index contributed by atoms with van der Waals surface area (Å²) in [6.45, 7) is 2.85. The van der Waals surface area contributed by atoms with Gasteiger partial charge >= 0.3 is 0 Å².